The maximum atomic E-state index is 4.55. The minimum atomic E-state index is 0.711. The van der Waals surface area contributed by atoms with E-state index >= 15 is 0 Å². The molecule has 0 aliphatic rings. The van der Waals surface area contributed by atoms with E-state index in [4.69, 9.17) is 0 Å². The molecule has 0 radical (unpaired) electrons. The van der Waals surface area contributed by atoms with Gasteiger partial charge in [-0.25, -0.2) is 9.97 Å². The molecule has 3 aromatic rings. The predicted molar refractivity (Wildman–Crippen MR) is 82.6 cm³/mol. The van der Waals surface area contributed by atoms with Crippen LogP contribution in [0.5, 0.6) is 0 Å². The summed E-state index contributed by atoms with van der Waals surface area (Å²) in [5.41, 5.74) is 2.07. The van der Waals surface area contributed by atoms with Crippen LogP contribution in [0, 0.1) is 0 Å². The molecule has 92 valence electrons. The Morgan fingerprint density at radius 3 is 2.58 bits per heavy atom. The van der Waals surface area contributed by atoms with Crippen molar-refractivity contribution < 1.29 is 0 Å². The molecule has 0 spiro atoms. The monoisotopic (exact) mass is 310 g/mol. The molecule has 2 nitrogen and oxygen atoms in total. The van der Waals surface area contributed by atoms with Crippen molar-refractivity contribution in [1.82, 2.24) is 9.97 Å². The van der Waals surface area contributed by atoms with Gasteiger partial charge in [-0.3, -0.25) is 0 Å². The van der Waals surface area contributed by atoms with E-state index in [1.54, 1.807) is 0 Å². The molecule has 1 heterocycles. The molecule has 1 aromatic heterocycles. The van der Waals surface area contributed by atoms with E-state index in [9.17, 15) is 0 Å². The van der Waals surface area contributed by atoms with Crippen molar-refractivity contribution in [3.8, 4) is 0 Å². The Labute approximate surface area is 120 Å². The second-order valence-corrected chi connectivity index (χ2v) is 5.00. The Bertz CT molecular complexity index is 736. The van der Waals surface area contributed by atoms with E-state index in [1.807, 2.05) is 66.9 Å². The highest BCUT2D eigenvalue weighted by Crippen LogP contribution is 2.21. The molecule has 0 aliphatic heterocycles. The van der Waals surface area contributed by atoms with Gasteiger partial charge in [0.2, 0.25) is 0 Å². The second kappa shape index (κ2) is 5.33. The first-order valence-electron chi connectivity index (χ1n) is 5.97. The van der Waals surface area contributed by atoms with Gasteiger partial charge >= 0.3 is 0 Å². The summed E-state index contributed by atoms with van der Waals surface area (Å²) in [5.74, 6) is 0.711. The molecular formula is C16H11BrN2. The fourth-order valence-corrected chi connectivity index (χ4v) is 2.32. The number of hydrogen-bond donors (Lipinski definition) is 0. The molecule has 19 heavy (non-hydrogen) atoms. The van der Waals surface area contributed by atoms with Gasteiger partial charge in [0.25, 0.3) is 0 Å². The molecule has 0 amide bonds. The lowest BCUT2D eigenvalue weighted by molar-refractivity contribution is 1.18. The van der Waals surface area contributed by atoms with Crippen LogP contribution in [0.1, 0.15) is 11.4 Å². The highest BCUT2D eigenvalue weighted by atomic mass is 79.9. The molecule has 0 saturated carbocycles. The van der Waals surface area contributed by atoms with Gasteiger partial charge in [0, 0.05) is 16.1 Å². The summed E-state index contributed by atoms with van der Waals surface area (Å²) in [6, 6.07) is 16.1. The van der Waals surface area contributed by atoms with E-state index in [2.05, 4.69) is 25.9 Å². The normalized spacial score (nSPS) is 11.2. The van der Waals surface area contributed by atoms with Crippen molar-refractivity contribution in [3.05, 3.63) is 70.6 Å². The second-order valence-electron chi connectivity index (χ2n) is 4.15. The van der Waals surface area contributed by atoms with Crippen LogP contribution in [-0.4, -0.2) is 9.97 Å². The van der Waals surface area contributed by atoms with Gasteiger partial charge in [0.1, 0.15) is 0 Å². The number of halogens is 1. The highest BCUT2D eigenvalue weighted by Gasteiger charge is 2.00. The number of aromatic nitrogens is 2. The largest absolute Gasteiger partial charge is 0.236 e. The maximum absolute atomic E-state index is 4.55. The summed E-state index contributed by atoms with van der Waals surface area (Å²) < 4.78 is 0.988. The van der Waals surface area contributed by atoms with Crippen LogP contribution in [0.3, 0.4) is 0 Å². The summed E-state index contributed by atoms with van der Waals surface area (Å²) in [6.45, 7) is 0. The Morgan fingerprint density at radius 1 is 0.895 bits per heavy atom. The van der Waals surface area contributed by atoms with Gasteiger partial charge in [-0.15, -0.1) is 0 Å². The third-order valence-electron chi connectivity index (χ3n) is 2.80. The number of rotatable bonds is 2. The Morgan fingerprint density at radius 2 is 1.74 bits per heavy atom. The first-order valence-corrected chi connectivity index (χ1v) is 6.77. The first-order chi connectivity index (χ1) is 9.33. The SMILES string of the molecule is Brc1cccc2cnc(C=Cc3ccccc3)nc12. The van der Waals surface area contributed by atoms with Gasteiger partial charge in [0.15, 0.2) is 5.82 Å². The molecule has 0 unspecified atom stereocenters. The Balaban J connectivity index is 1.98. The van der Waals surface area contributed by atoms with Gasteiger partial charge in [-0.1, -0.05) is 48.5 Å². The van der Waals surface area contributed by atoms with E-state index in [0.29, 0.717) is 5.82 Å². The lowest BCUT2D eigenvalue weighted by Crippen LogP contribution is -1.88. The number of fused-ring (bicyclic) bond motifs is 1. The van der Waals surface area contributed by atoms with Crippen LogP contribution in [0.15, 0.2) is 59.2 Å². The van der Waals surface area contributed by atoms with Gasteiger partial charge in [0.05, 0.1) is 5.52 Å². The van der Waals surface area contributed by atoms with E-state index < -0.39 is 0 Å². The van der Waals surface area contributed by atoms with E-state index in [-0.39, 0.29) is 0 Å². The minimum Gasteiger partial charge on any atom is -0.236 e. The van der Waals surface area contributed by atoms with Gasteiger partial charge < -0.3 is 0 Å². The molecule has 0 N–H and O–H groups in total. The van der Waals surface area contributed by atoms with Crippen LogP contribution in [0.4, 0.5) is 0 Å². The van der Waals surface area contributed by atoms with E-state index in [0.717, 1.165) is 20.9 Å². The van der Waals surface area contributed by atoms with Crippen LogP contribution in [0.25, 0.3) is 23.1 Å². The third kappa shape index (κ3) is 2.71. The summed E-state index contributed by atoms with van der Waals surface area (Å²) in [6.07, 6.45) is 5.78. The van der Waals surface area contributed by atoms with Crippen molar-refractivity contribution in [3.63, 3.8) is 0 Å². The van der Waals surface area contributed by atoms with Gasteiger partial charge in [-0.05, 0) is 33.6 Å². The lowest BCUT2D eigenvalue weighted by Gasteiger charge is -2.00. The zero-order chi connectivity index (χ0) is 13.1. The van der Waals surface area contributed by atoms with Crippen LogP contribution >= 0.6 is 15.9 Å². The smallest absolute Gasteiger partial charge is 0.152 e. The first kappa shape index (κ1) is 12.1. The topological polar surface area (TPSA) is 25.8 Å². The minimum absolute atomic E-state index is 0.711. The highest BCUT2D eigenvalue weighted by molar-refractivity contribution is 9.10. The van der Waals surface area contributed by atoms with Crippen LogP contribution in [0.2, 0.25) is 0 Å². The molecule has 0 atom stereocenters. The number of para-hydroxylation sites is 1. The zero-order valence-corrected chi connectivity index (χ0v) is 11.7. The zero-order valence-electron chi connectivity index (χ0n) is 10.1. The number of benzene rings is 2. The van der Waals surface area contributed by atoms with Crippen molar-refractivity contribution >= 4 is 39.0 Å². The third-order valence-corrected chi connectivity index (χ3v) is 3.44. The summed E-state index contributed by atoms with van der Waals surface area (Å²) >= 11 is 3.51. The number of nitrogens with zero attached hydrogens (tertiary/aromatic N) is 2. The summed E-state index contributed by atoms with van der Waals surface area (Å²) in [5, 5.41) is 1.03. The molecule has 0 bridgehead atoms. The summed E-state index contributed by atoms with van der Waals surface area (Å²) in [4.78, 5) is 8.89. The molecule has 2 aromatic carbocycles. The molecular weight excluding hydrogens is 300 g/mol. The van der Waals surface area contributed by atoms with Crippen molar-refractivity contribution in [2.45, 2.75) is 0 Å². The van der Waals surface area contributed by atoms with Crippen molar-refractivity contribution in [2.24, 2.45) is 0 Å². The summed E-state index contributed by atoms with van der Waals surface area (Å²) in [7, 11) is 0. The molecule has 3 heteroatoms. The average molecular weight is 311 g/mol. The lowest BCUT2D eigenvalue weighted by atomic mass is 10.2. The van der Waals surface area contributed by atoms with Crippen LogP contribution < -0.4 is 0 Å². The molecule has 0 saturated heterocycles. The standard InChI is InChI=1S/C16H11BrN2/c17-14-8-4-7-13-11-18-15(19-16(13)14)10-9-12-5-2-1-3-6-12/h1-11H. The fourth-order valence-electron chi connectivity index (χ4n) is 1.85. The average Bonchev–Trinajstić information content (AvgIpc) is 2.47. The molecule has 0 aliphatic carbocycles. The maximum Gasteiger partial charge on any atom is 0.152 e. The quantitative estimate of drug-likeness (QED) is 0.693. The predicted octanol–water partition coefficient (Wildman–Crippen LogP) is 4.56. The van der Waals surface area contributed by atoms with Crippen LogP contribution in [-0.2, 0) is 0 Å². The van der Waals surface area contributed by atoms with Gasteiger partial charge in [-0.2, -0.15) is 0 Å². The molecule has 3 rings (SSSR count). The fraction of sp³-hybridized carbons (Fsp3) is 0. The Hall–Kier alpha value is -2.00. The van der Waals surface area contributed by atoms with Crippen molar-refractivity contribution in [2.75, 3.05) is 0 Å². The van der Waals surface area contributed by atoms with E-state index in [1.165, 1.54) is 0 Å². The Kier molecular flexibility index (Phi) is 3.38. The molecule has 0 fully saturated rings. The van der Waals surface area contributed by atoms with Crippen molar-refractivity contribution in [1.29, 1.82) is 0 Å². The number of hydrogen-bond acceptors (Lipinski definition) is 2.